The number of ether oxygens (including phenoxy) is 1. The summed E-state index contributed by atoms with van der Waals surface area (Å²) < 4.78 is 6.90. The second-order valence-corrected chi connectivity index (χ2v) is 5.03. The fourth-order valence-corrected chi connectivity index (χ4v) is 1.74. The Bertz CT molecular complexity index is 326. The molecule has 0 saturated heterocycles. The van der Waals surface area contributed by atoms with Gasteiger partial charge in [0.2, 0.25) is 0 Å². The lowest BCUT2D eigenvalue weighted by Gasteiger charge is -2.14. The van der Waals surface area contributed by atoms with Gasteiger partial charge in [0.05, 0.1) is 19.2 Å². The molecule has 0 fully saturated rings. The van der Waals surface area contributed by atoms with Crippen LogP contribution in [0.15, 0.2) is 0 Å². The van der Waals surface area contributed by atoms with E-state index in [0.29, 0.717) is 25.1 Å². The minimum atomic E-state index is 0.349. The van der Waals surface area contributed by atoms with E-state index in [1.54, 1.807) is 7.11 Å². The molecule has 18 heavy (non-hydrogen) atoms. The monoisotopic (exact) mass is 255 g/mol. The maximum absolute atomic E-state index is 4.98. The zero-order valence-electron chi connectivity index (χ0n) is 11.9. The zero-order valence-corrected chi connectivity index (χ0v) is 11.9. The predicted molar refractivity (Wildman–Crippen MR) is 70.2 cm³/mol. The Hall–Kier alpha value is -1.01. The van der Waals surface area contributed by atoms with E-state index < -0.39 is 0 Å². The molecular weight excluding hydrogens is 230 g/mol. The molecule has 6 nitrogen and oxygen atoms in total. The Morgan fingerprint density at radius 2 is 2.06 bits per heavy atom. The van der Waals surface area contributed by atoms with Crippen molar-refractivity contribution in [1.29, 1.82) is 0 Å². The van der Waals surface area contributed by atoms with E-state index in [-0.39, 0.29) is 0 Å². The second kappa shape index (κ2) is 8.16. The molecule has 6 heteroatoms. The van der Waals surface area contributed by atoms with Gasteiger partial charge in [-0.1, -0.05) is 13.8 Å². The number of hydrogen-bond acceptors (Lipinski definition) is 5. The van der Waals surface area contributed by atoms with Crippen LogP contribution in [0.4, 0.5) is 0 Å². The third-order valence-electron chi connectivity index (χ3n) is 2.91. The highest BCUT2D eigenvalue weighted by molar-refractivity contribution is 4.82. The van der Waals surface area contributed by atoms with Crippen LogP contribution in [0.5, 0.6) is 0 Å². The van der Waals surface area contributed by atoms with Crippen molar-refractivity contribution in [3.8, 4) is 0 Å². The minimum Gasteiger partial charge on any atom is -0.383 e. The topological polar surface area (TPSA) is 64.9 Å². The van der Waals surface area contributed by atoms with Crippen LogP contribution in [0, 0.1) is 5.92 Å². The van der Waals surface area contributed by atoms with Crippen LogP contribution >= 0.6 is 0 Å². The molecule has 1 aromatic rings. The first-order chi connectivity index (χ1) is 8.65. The van der Waals surface area contributed by atoms with Crippen LogP contribution in [-0.2, 0) is 11.3 Å². The summed E-state index contributed by atoms with van der Waals surface area (Å²) in [6.07, 6.45) is 2.30. The van der Waals surface area contributed by atoms with Crippen molar-refractivity contribution in [3.63, 3.8) is 0 Å². The van der Waals surface area contributed by atoms with Gasteiger partial charge in [0, 0.05) is 13.7 Å². The molecule has 104 valence electrons. The summed E-state index contributed by atoms with van der Waals surface area (Å²) in [5.74, 6) is 1.61. The smallest absolute Gasteiger partial charge is 0.165 e. The van der Waals surface area contributed by atoms with Crippen LogP contribution in [0.3, 0.4) is 0 Å². The van der Waals surface area contributed by atoms with Crippen molar-refractivity contribution >= 4 is 0 Å². The van der Waals surface area contributed by atoms with Gasteiger partial charge in [-0.15, -0.1) is 5.10 Å². The highest BCUT2D eigenvalue weighted by atomic mass is 16.5. The van der Waals surface area contributed by atoms with Gasteiger partial charge in [0.25, 0.3) is 0 Å². The molecule has 0 radical (unpaired) electrons. The van der Waals surface area contributed by atoms with Crippen molar-refractivity contribution in [1.82, 2.24) is 25.5 Å². The number of tetrazole rings is 1. The van der Waals surface area contributed by atoms with Gasteiger partial charge in [-0.25, -0.2) is 4.68 Å². The molecule has 0 aromatic carbocycles. The molecular formula is C12H25N5O. The van der Waals surface area contributed by atoms with Crippen molar-refractivity contribution in [2.45, 2.75) is 46.2 Å². The van der Waals surface area contributed by atoms with Gasteiger partial charge in [-0.2, -0.15) is 0 Å². The summed E-state index contributed by atoms with van der Waals surface area (Å²) in [4.78, 5) is 0. The molecule has 0 aliphatic carbocycles. The fraction of sp³-hybridized carbons (Fsp3) is 0.917. The van der Waals surface area contributed by atoms with E-state index in [2.05, 4.69) is 41.6 Å². The van der Waals surface area contributed by atoms with Gasteiger partial charge in [0.1, 0.15) is 0 Å². The Morgan fingerprint density at radius 1 is 1.28 bits per heavy atom. The van der Waals surface area contributed by atoms with E-state index in [1.165, 1.54) is 6.42 Å². The molecule has 1 aromatic heterocycles. The van der Waals surface area contributed by atoms with Gasteiger partial charge in [0.15, 0.2) is 5.82 Å². The summed E-state index contributed by atoms with van der Waals surface area (Å²) in [6, 6.07) is 0.349. The van der Waals surface area contributed by atoms with Gasteiger partial charge < -0.3 is 10.1 Å². The highest BCUT2D eigenvalue weighted by Gasteiger charge is 2.12. The fourth-order valence-electron chi connectivity index (χ4n) is 1.74. The van der Waals surface area contributed by atoms with Gasteiger partial charge in [-0.05, 0) is 36.1 Å². The summed E-state index contributed by atoms with van der Waals surface area (Å²) in [6.45, 7) is 8.83. The third-order valence-corrected chi connectivity index (χ3v) is 2.91. The van der Waals surface area contributed by atoms with Crippen LogP contribution in [0.2, 0.25) is 0 Å². The van der Waals surface area contributed by atoms with Crippen LogP contribution in [-0.4, -0.2) is 40.5 Å². The Morgan fingerprint density at radius 3 is 2.72 bits per heavy atom. The molecule has 0 bridgehead atoms. The van der Waals surface area contributed by atoms with E-state index in [1.807, 2.05) is 4.68 Å². The van der Waals surface area contributed by atoms with E-state index in [4.69, 9.17) is 4.74 Å². The Balaban J connectivity index is 2.42. The molecule has 0 aliphatic rings. The number of hydrogen-bond donors (Lipinski definition) is 1. The van der Waals surface area contributed by atoms with E-state index in [9.17, 15) is 0 Å². The molecule has 1 atom stereocenters. The van der Waals surface area contributed by atoms with Gasteiger partial charge in [-0.3, -0.25) is 0 Å². The van der Waals surface area contributed by atoms with Crippen molar-refractivity contribution in [2.75, 3.05) is 20.3 Å². The molecule has 1 unspecified atom stereocenters. The molecule has 0 spiro atoms. The summed E-state index contributed by atoms with van der Waals surface area (Å²) in [5.41, 5.74) is 0. The van der Waals surface area contributed by atoms with Crippen LogP contribution in [0.1, 0.15) is 45.5 Å². The number of methoxy groups -OCH3 is 1. The summed E-state index contributed by atoms with van der Waals surface area (Å²) in [5, 5.41) is 15.2. The van der Waals surface area contributed by atoms with Crippen molar-refractivity contribution in [2.24, 2.45) is 5.92 Å². The van der Waals surface area contributed by atoms with Crippen molar-refractivity contribution < 1.29 is 4.74 Å². The first-order valence-electron chi connectivity index (χ1n) is 6.61. The molecule has 1 rings (SSSR count). The molecule has 1 N–H and O–H groups in total. The molecule has 0 saturated carbocycles. The average molecular weight is 255 g/mol. The van der Waals surface area contributed by atoms with E-state index in [0.717, 1.165) is 18.8 Å². The first kappa shape index (κ1) is 15.0. The minimum absolute atomic E-state index is 0.349. The van der Waals surface area contributed by atoms with Gasteiger partial charge >= 0.3 is 0 Å². The summed E-state index contributed by atoms with van der Waals surface area (Å²) >= 11 is 0. The van der Waals surface area contributed by atoms with Crippen LogP contribution < -0.4 is 5.32 Å². The largest absolute Gasteiger partial charge is 0.383 e. The zero-order chi connectivity index (χ0) is 13.4. The Labute approximate surface area is 109 Å². The molecule has 0 aliphatic heterocycles. The summed E-state index contributed by atoms with van der Waals surface area (Å²) in [7, 11) is 1.69. The quantitative estimate of drug-likeness (QED) is 0.676. The standard InChI is InChI=1S/C12H25N5O/c1-10(2)5-6-11(3)17-12(14-15-16-17)9-13-7-8-18-4/h10-11,13H,5-9H2,1-4H3. The lowest BCUT2D eigenvalue weighted by molar-refractivity contribution is 0.198. The average Bonchev–Trinajstić information content (AvgIpc) is 2.80. The normalized spacial score (nSPS) is 13.2. The number of nitrogens with zero attached hydrogens (tertiary/aromatic N) is 4. The lowest BCUT2D eigenvalue weighted by atomic mass is 10.0. The maximum atomic E-state index is 4.98. The molecule has 1 heterocycles. The Kier molecular flexibility index (Phi) is 6.82. The third kappa shape index (κ3) is 5.10. The lowest BCUT2D eigenvalue weighted by Crippen LogP contribution is -2.22. The van der Waals surface area contributed by atoms with Crippen molar-refractivity contribution in [3.05, 3.63) is 5.82 Å². The molecule has 0 amide bonds. The second-order valence-electron chi connectivity index (χ2n) is 5.03. The predicted octanol–water partition coefficient (Wildman–Crippen LogP) is 1.41. The number of rotatable bonds is 9. The van der Waals surface area contributed by atoms with E-state index >= 15 is 0 Å². The highest BCUT2D eigenvalue weighted by Crippen LogP contribution is 2.16. The number of aromatic nitrogens is 4. The van der Waals surface area contributed by atoms with Crippen LogP contribution in [0.25, 0.3) is 0 Å². The first-order valence-corrected chi connectivity index (χ1v) is 6.61. The maximum Gasteiger partial charge on any atom is 0.165 e. The SMILES string of the molecule is COCCNCc1nnnn1C(C)CCC(C)C. The number of nitrogens with one attached hydrogen (secondary N) is 1.